The Morgan fingerprint density at radius 3 is 2.67 bits per heavy atom. The van der Waals surface area contributed by atoms with Crippen molar-refractivity contribution in [1.29, 1.82) is 5.41 Å². The average Bonchev–Trinajstić information content (AvgIpc) is 3.40. The first kappa shape index (κ1) is 19.3. The van der Waals surface area contributed by atoms with Crippen LogP contribution in [0.1, 0.15) is 25.3 Å². The maximum atomic E-state index is 13.2. The van der Waals surface area contributed by atoms with Gasteiger partial charge in [-0.05, 0) is 25.8 Å². The van der Waals surface area contributed by atoms with E-state index in [1.165, 1.54) is 24.3 Å². The number of hydrogen-bond donors (Lipinski definition) is 2. The molecule has 30 heavy (non-hydrogen) atoms. The number of nitrogens with zero attached hydrogens (tertiary/aromatic N) is 3. The van der Waals surface area contributed by atoms with Gasteiger partial charge in [-0.2, -0.15) is 4.98 Å². The Morgan fingerprint density at radius 1 is 1.33 bits per heavy atom. The Hall–Kier alpha value is -2.66. The van der Waals surface area contributed by atoms with Crippen molar-refractivity contribution in [2.24, 2.45) is 0 Å². The maximum absolute atomic E-state index is 13.2. The number of halogens is 3. The molecule has 2 aliphatic heterocycles. The zero-order chi connectivity index (χ0) is 21.0. The average molecular weight is 437 g/mol. The SMILES string of the molecule is CC(=N)c1cc(-c2nccs2)c2oc(N3CC4CCC(C3)N4)nc2c1OC(F)(F)F. The van der Waals surface area contributed by atoms with Crippen LogP contribution in [0.25, 0.3) is 21.7 Å². The maximum Gasteiger partial charge on any atom is 0.573 e. The number of anilines is 1. The topological polar surface area (TPSA) is 87.3 Å². The van der Waals surface area contributed by atoms with Crippen molar-refractivity contribution >= 4 is 34.2 Å². The lowest BCUT2D eigenvalue weighted by Crippen LogP contribution is -2.51. The molecule has 3 aromatic rings. The summed E-state index contributed by atoms with van der Waals surface area (Å²) in [5.74, 6) is -0.515. The van der Waals surface area contributed by atoms with E-state index in [4.69, 9.17) is 9.83 Å². The van der Waals surface area contributed by atoms with Gasteiger partial charge in [-0.25, -0.2) is 4.98 Å². The monoisotopic (exact) mass is 437 g/mol. The summed E-state index contributed by atoms with van der Waals surface area (Å²) < 4.78 is 49.9. The molecule has 2 aromatic heterocycles. The Balaban J connectivity index is 1.71. The van der Waals surface area contributed by atoms with E-state index in [1.807, 2.05) is 4.90 Å². The summed E-state index contributed by atoms with van der Waals surface area (Å²) in [5.41, 5.74) is 0.551. The molecule has 2 unspecified atom stereocenters. The summed E-state index contributed by atoms with van der Waals surface area (Å²) in [6.45, 7) is 2.74. The fraction of sp³-hybridized carbons (Fsp3) is 0.421. The molecule has 0 spiro atoms. The van der Waals surface area contributed by atoms with Crippen LogP contribution in [-0.2, 0) is 0 Å². The highest BCUT2D eigenvalue weighted by molar-refractivity contribution is 7.13. The van der Waals surface area contributed by atoms with Gasteiger partial charge in [-0.1, -0.05) is 0 Å². The number of fused-ring (bicyclic) bond motifs is 3. The molecule has 0 aliphatic carbocycles. The molecule has 0 saturated carbocycles. The van der Waals surface area contributed by atoms with Gasteiger partial charge in [0.25, 0.3) is 6.01 Å². The molecule has 2 bridgehead atoms. The fourth-order valence-corrected chi connectivity index (χ4v) is 4.80. The molecule has 158 valence electrons. The third-order valence-corrected chi connectivity index (χ3v) is 6.19. The van der Waals surface area contributed by atoms with E-state index in [1.54, 1.807) is 11.6 Å². The van der Waals surface area contributed by atoms with Gasteiger partial charge in [-0.15, -0.1) is 24.5 Å². The summed E-state index contributed by atoms with van der Waals surface area (Å²) >= 11 is 1.33. The zero-order valence-corrected chi connectivity index (χ0v) is 16.7. The summed E-state index contributed by atoms with van der Waals surface area (Å²) in [7, 11) is 0. The van der Waals surface area contributed by atoms with Crippen molar-refractivity contribution in [2.75, 3.05) is 18.0 Å². The Labute approximate surface area is 173 Å². The van der Waals surface area contributed by atoms with Crippen molar-refractivity contribution < 1.29 is 22.3 Å². The highest BCUT2D eigenvalue weighted by Crippen LogP contribution is 2.42. The lowest BCUT2D eigenvalue weighted by Gasteiger charge is -2.31. The second-order valence-corrected chi connectivity index (χ2v) is 8.42. The number of rotatable bonds is 4. The van der Waals surface area contributed by atoms with E-state index < -0.39 is 12.1 Å². The van der Waals surface area contributed by atoms with Crippen LogP contribution in [0.3, 0.4) is 0 Å². The molecule has 2 atom stereocenters. The molecule has 7 nitrogen and oxygen atoms in total. The molecule has 2 N–H and O–H groups in total. The molecular formula is C19H18F3N5O2S. The minimum absolute atomic E-state index is 0.00487. The van der Waals surface area contributed by atoms with Gasteiger partial charge in [0.15, 0.2) is 16.8 Å². The third kappa shape index (κ3) is 3.41. The van der Waals surface area contributed by atoms with Crippen molar-refractivity contribution in [1.82, 2.24) is 15.3 Å². The number of hydrogen-bond acceptors (Lipinski definition) is 8. The number of alkyl halides is 3. The summed E-state index contributed by atoms with van der Waals surface area (Å²) in [5, 5.41) is 13.8. The van der Waals surface area contributed by atoms with Crippen molar-refractivity contribution in [3.63, 3.8) is 0 Å². The second kappa shape index (κ2) is 6.95. The van der Waals surface area contributed by atoms with Gasteiger partial charge in [0, 0.05) is 48.0 Å². The van der Waals surface area contributed by atoms with Gasteiger partial charge in [-0.3, -0.25) is 0 Å². The van der Waals surface area contributed by atoms with Gasteiger partial charge >= 0.3 is 6.36 Å². The van der Waals surface area contributed by atoms with E-state index in [0.29, 0.717) is 35.7 Å². The normalized spacial score (nSPS) is 21.4. The predicted molar refractivity (Wildman–Crippen MR) is 106 cm³/mol. The molecule has 2 fully saturated rings. The summed E-state index contributed by atoms with van der Waals surface area (Å²) in [4.78, 5) is 10.6. The van der Waals surface area contributed by atoms with Crippen LogP contribution in [0.5, 0.6) is 5.75 Å². The molecule has 2 aliphatic rings. The van der Waals surface area contributed by atoms with Crippen LogP contribution in [0.2, 0.25) is 0 Å². The molecule has 4 heterocycles. The number of oxazole rings is 1. The minimum atomic E-state index is -4.92. The largest absolute Gasteiger partial charge is 0.573 e. The lowest BCUT2D eigenvalue weighted by atomic mass is 10.0. The number of ether oxygens (including phenoxy) is 1. The van der Waals surface area contributed by atoms with Crippen LogP contribution >= 0.6 is 11.3 Å². The molecule has 5 rings (SSSR count). The van der Waals surface area contributed by atoms with E-state index in [-0.39, 0.29) is 28.4 Å². The number of piperazine rings is 1. The second-order valence-electron chi connectivity index (χ2n) is 7.53. The lowest BCUT2D eigenvalue weighted by molar-refractivity contribution is -0.274. The van der Waals surface area contributed by atoms with Crippen molar-refractivity contribution in [3.8, 4) is 16.3 Å². The first-order valence-corrected chi connectivity index (χ1v) is 10.4. The van der Waals surface area contributed by atoms with Crippen LogP contribution < -0.4 is 15.0 Å². The number of benzene rings is 1. The number of nitrogens with one attached hydrogen (secondary N) is 2. The van der Waals surface area contributed by atoms with Gasteiger partial charge < -0.3 is 24.8 Å². The number of thiazole rings is 1. The third-order valence-electron chi connectivity index (χ3n) is 5.38. The zero-order valence-electron chi connectivity index (χ0n) is 15.9. The van der Waals surface area contributed by atoms with E-state index >= 15 is 0 Å². The molecule has 11 heteroatoms. The van der Waals surface area contributed by atoms with Crippen LogP contribution in [0.15, 0.2) is 22.1 Å². The summed E-state index contributed by atoms with van der Waals surface area (Å²) in [6, 6.07) is 2.33. The Bertz CT molecular complexity index is 1100. The number of aromatic nitrogens is 2. The first-order valence-electron chi connectivity index (χ1n) is 9.48. The predicted octanol–water partition coefficient (Wildman–Crippen LogP) is 4.18. The quantitative estimate of drug-likeness (QED) is 0.596. The Morgan fingerprint density at radius 2 is 2.07 bits per heavy atom. The molecule has 1 aromatic carbocycles. The van der Waals surface area contributed by atoms with Crippen LogP contribution in [0, 0.1) is 5.41 Å². The molecule has 0 radical (unpaired) electrons. The fourth-order valence-electron chi connectivity index (χ4n) is 4.15. The van der Waals surface area contributed by atoms with Crippen molar-refractivity contribution in [2.45, 2.75) is 38.2 Å². The van der Waals surface area contributed by atoms with Crippen LogP contribution in [-0.4, -0.2) is 47.2 Å². The Kier molecular flexibility index (Phi) is 4.47. The van der Waals surface area contributed by atoms with Gasteiger partial charge in [0.05, 0.1) is 5.56 Å². The highest BCUT2D eigenvalue weighted by atomic mass is 32.1. The van der Waals surface area contributed by atoms with Gasteiger partial charge in [0.1, 0.15) is 5.01 Å². The molecular weight excluding hydrogens is 419 g/mol. The van der Waals surface area contributed by atoms with Gasteiger partial charge in [0.2, 0.25) is 0 Å². The minimum Gasteiger partial charge on any atom is -0.422 e. The van der Waals surface area contributed by atoms with Crippen LogP contribution in [0.4, 0.5) is 19.2 Å². The smallest absolute Gasteiger partial charge is 0.422 e. The molecule has 0 amide bonds. The first-order chi connectivity index (χ1) is 14.3. The standard InChI is InChI=1S/C19H18F3N5O2S/c1-9(23)12-6-13(17-24-4-5-30-17)15-14(16(12)29-19(20,21)22)26-18(28-15)27-7-10-2-3-11(8-27)25-10/h4-6,10-11,23,25H,2-3,7-8H2,1H3. The summed E-state index contributed by atoms with van der Waals surface area (Å²) in [6.07, 6.45) is -1.22. The van der Waals surface area contributed by atoms with E-state index in [2.05, 4.69) is 20.0 Å². The van der Waals surface area contributed by atoms with E-state index in [9.17, 15) is 13.2 Å². The van der Waals surface area contributed by atoms with E-state index in [0.717, 1.165) is 12.8 Å². The van der Waals surface area contributed by atoms with Crippen molar-refractivity contribution in [3.05, 3.63) is 23.2 Å². The molecule has 2 saturated heterocycles. The highest BCUT2D eigenvalue weighted by Gasteiger charge is 2.37.